The number of aryl methyl sites for hydroxylation is 7. The van der Waals surface area contributed by atoms with E-state index < -0.39 is 0 Å². The topological polar surface area (TPSA) is 4.93 Å². The number of benzene rings is 13. The Morgan fingerprint density at radius 2 is 0.586 bits per heavy atom. The average molecular weight is 1680 g/mol. The highest BCUT2D eigenvalue weighted by atomic mass is 15.0. The molecule has 3 heteroatoms. The van der Waals surface area contributed by atoms with Crippen LogP contribution in [0.1, 0.15) is 319 Å². The molecular weight excluding hydrogens is 1540 g/mol. The molecule has 1 nitrogen and oxygen atoms in total. The number of hydrogen-bond donors (Lipinski definition) is 0. The lowest BCUT2D eigenvalue weighted by Crippen LogP contribution is -2.64. The molecule has 0 radical (unpaired) electrons. The predicted molar refractivity (Wildman–Crippen MR) is 557 cm³/mol. The molecule has 128 heavy (non-hydrogen) atoms. The summed E-state index contributed by atoms with van der Waals surface area (Å²) in [6.45, 7) is 36.0. The maximum atomic E-state index is 2.79. The summed E-state index contributed by atoms with van der Waals surface area (Å²) >= 11 is 0. The van der Waals surface area contributed by atoms with Gasteiger partial charge in [-0.15, -0.1) is 0 Å². The normalized spacial score (nSPS) is 14.8. The standard InChI is InChI=1S/C125H137B2N/c1-16-20-24-28-32-40-61-124(62-41-33-29-25-21-17-2)105-47-38-36-45-93(105)95-56-52-89(74-111(95)124)87-54-58-97-101-68-82(7)99(78-109(101)122(12,13)107(97)72-87)91-70-103-104-71-92(77-117-120(104)128-119(103)116(76-91)126(113-60-51-80(5)65-84(113)9)114-49-44-50-115(121(114)128)127(117)118-85(10)66-81(6)67-86(118)11)100-79-110-102(69-83(100)8)98-59-55-88(73-108(98)123(110,14)15)90-53-57-96-94-46-37-39-48-106(94)125(112(96)75-90,63-42-34-30-26-22-18-3)64-43-35-31-27-23-19-4/h36-39,44-60,65-79H,16-35,40-43,61-64H2,1-15H3. The highest BCUT2D eigenvalue weighted by molar-refractivity contribution is 7.02. The monoisotopic (exact) mass is 1670 g/mol. The van der Waals surface area contributed by atoms with Crippen LogP contribution >= 0.6 is 0 Å². The molecule has 2 aliphatic heterocycles. The Bertz CT molecular complexity index is 6640. The summed E-state index contributed by atoms with van der Waals surface area (Å²) < 4.78 is 2.79. The lowest BCUT2D eigenvalue weighted by molar-refractivity contribution is 0.398. The molecule has 0 spiro atoms. The summed E-state index contributed by atoms with van der Waals surface area (Å²) in [5.41, 5.74) is 55.3. The molecule has 13 aromatic carbocycles. The van der Waals surface area contributed by atoms with Crippen molar-refractivity contribution < 1.29 is 0 Å². The fraction of sp³-hybridized carbons (Fsp3) is 0.376. The first-order chi connectivity index (χ1) is 62.2. The van der Waals surface area contributed by atoms with Crippen molar-refractivity contribution >= 4 is 68.0 Å². The Morgan fingerprint density at radius 1 is 0.234 bits per heavy atom. The van der Waals surface area contributed by atoms with E-state index >= 15 is 0 Å². The van der Waals surface area contributed by atoms with Crippen molar-refractivity contribution in [2.75, 3.05) is 0 Å². The van der Waals surface area contributed by atoms with E-state index in [1.807, 2.05) is 0 Å². The van der Waals surface area contributed by atoms with Crippen LogP contribution < -0.4 is 32.8 Å². The fourth-order valence-corrected chi connectivity index (χ4v) is 26.6. The van der Waals surface area contributed by atoms with Crippen LogP contribution in [0.4, 0.5) is 0 Å². The first-order valence-corrected chi connectivity index (χ1v) is 50.8. The van der Waals surface area contributed by atoms with E-state index in [2.05, 4.69) is 327 Å². The third kappa shape index (κ3) is 14.3. The highest BCUT2D eigenvalue weighted by Crippen LogP contribution is 2.60. The lowest BCUT2D eigenvalue weighted by atomic mass is 9.30. The average Bonchev–Trinajstić information content (AvgIpc) is 1.50. The highest BCUT2D eigenvalue weighted by Gasteiger charge is 2.48. The van der Waals surface area contributed by atoms with Crippen molar-refractivity contribution in [3.05, 3.63) is 302 Å². The van der Waals surface area contributed by atoms with E-state index in [0.717, 1.165) is 0 Å². The van der Waals surface area contributed by atoms with E-state index in [1.54, 1.807) is 22.3 Å². The molecule has 4 aliphatic carbocycles. The number of hydrogen-bond acceptors (Lipinski definition) is 0. The second-order valence-corrected chi connectivity index (χ2v) is 42.1. The number of unbranched alkanes of at least 4 members (excludes halogenated alkanes) is 20. The van der Waals surface area contributed by atoms with E-state index in [1.165, 1.54) is 390 Å². The fourth-order valence-electron chi connectivity index (χ4n) is 26.6. The molecule has 0 saturated carbocycles. The van der Waals surface area contributed by atoms with Crippen LogP contribution in [-0.4, -0.2) is 18.0 Å². The van der Waals surface area contributed by atoms with Crippen LogP contribution in [0.3, 0.4) is 0 Å². The number of aromatic nitrogens is 1. The maximum absolute atomic E-state index is 2.79. The summed E-state index contributed by atoms with van der Waals surface area (Å²) in [7, 11) is 0. The van der Waals surface area contributed by atoms with Crippen molar-refractivity contribution in [3.63, 3.8) is 0 Å². The van der Waals surface area contributed by atoms with Gasteiger partial charge in [-0.25, -0.2) is 0 Å². The van der Waals surface area contributed by atoms with Crippen LogP contribution in [0.25, 0.3) is 117 Å². The van der Waals surface area contributed by atoms with Gasteiger partial charge in [0.15, 0.2) is 0 Å². The predicted octanol–water partition coefficient (Wildman–Crippen LogP) is 31.4. The van der Waals surface area contributed by atoms with Crippen molar-refractivity contribution in [2.24, 2.45) is 0 Å². The van der Waals surface area contributed by atoms with Gasteiger partial charge in [-0.2, -0.15) is 0 Å². The lowest BCUT2D eigenvalue weighted by Gasteiger charge is -2.36. The first-order valence-electron chi connectivity index (χ1n) is 50.8. The van der Waals surface area contributed by atoms with Crippen LogP contribution in [-0.2, 0) is 21.7 Å². The van der Waals surface area contributed by atoms with Crippen LogP contribution in [0.2, 0.25) is 0 Å². The van der Waals surface area contributed by atoms with Crippen LogP contribution in [0.15, 0.2) is 218 Å². The quantitative estimate of drug-likeness (QED) is 0.0280. The van der Waals surface area contributed by atoms with Crippen LogP contribution in [0.5, 0.6) is 0 Å². The molecule has 0 fully saturated rings. The van der Waals surface area contributed by atoms with Gasteiger partial charge in [-0.05, 0) is 289 Å². The zero-order chi connectivity index (χ0) is 88.2. The minimum Gasteiger partial charge on any atom is -0.311 e. The SMILES string of the molecule is CCCCCCCCC1(CCCCCCCC)c2ccccc2-c2ccc(-c3ccc4c(c3)C(C)(C)c3cc(-c5cc6c7c(c5)c5cc(-c8cc9c(cc8C)-c8ccc(-c%10ccc%11c(c%10)C(CCCCCCCC)(CCCCCCCC)c%10ccccc%10-%11)cc8C9(C)C)cc8c5n7-c5c(cccc5B8c5c(C)cc(C)cc5C)B6c5ccc(C)cc5C)c(C)cc3-4)cc21. The van der Waals surface area contributed by atoms with Gasteiger partial charge in [0.05, 0.1) is 0 Å². The molecule has 648 valence electrons. The van der Waals surface area contributed by atoms with Gasteiger partial charge >= 0.3 is 0 Å². The van der Waals surface area contributed by atoms with Gasteiger partial charge in [0.25, 0.3) is 0 Å². The summed E-state index contributed by atoms with van der Waals surface area (Å²) in [5.74, 6) is 0. The number of rotatable bonds is 34. The summed E-state index contributed by atoms with van der Waals surface area (Å²) in [6.07, 6.45) is 36.6. The molecule has 6 aliphatic rings. The Morgan fingerprint density at radius 3 is 1.00 bits per heavy atom. The Labute approximate surface area is 769 Å². The smallest absolute Gasteiger partial charge is 0.247 e. The minimum absolute atomic E-state index is 0.00767. The van der Waals surface area contributed by atoms with Crippen molar-refractivity contribution in [2.45, 2.75) is 305 Å². The molecule has 3 heterocycles. The van der Waals surface area contributed by atoms with E-state index in [4.69, 9.17) is 0 Å². The van der Waals surface area contributed by atoms with Gasteiger partial charge in [0, 0.05) is 49.2 Å². The molecule has 14 aromatic rings. The second kappa shape index (κ2) is 34.6. The Kier molecular flexibility index (Phi) is 23.2. The van der Waals surface area contributed by atoms with E-state index in [0.29, 0.717) is 0 Å². The molecule has 0 saturated heterocycles. The molecule has 20 rings (SSSR count). The summed E-state index contributed by atoms with van der Waals surface area (Å²) in [4.78, 5) is 0. The number of fused-ring (bicyclic) bond motifs is 13. The molecule has 1 aromatic heterocycles. The third-order valence-corrected chi connectivity index (χ3v) is 33.0. The van der Waals surface area contributed by atoms with E-state index in [-0.39, 0.29) is 35.1 Å². The number of nitrogens with zero attached hydrogens (tertiary/aromatic N) is 1. The summed E-state index contributed by atoms with van der Waals surface area (Å²) in [6, 6.07) is 90.4. The Hall–Kier alpha value is -10.2. The molecule has 0 N–H and O–H groups in total. The zero-order valence-electron chi connectivity index (χ0n) is 80.2. The molecule has 0 bridgehead atoms. The van der Waals surface area contributed by atoms with Crippen molar-refractivity contribution in [1.82, 2.24) is 4.57 Å². The maximum Gasteiger partial charge on any atom is 0.247 e. The zero-order valence-corrected chi connectivity index (χ0v) is 80.2. The van der Waals surface area contributed by atoms with Gasteiger partial charge in [0.1, 0.15) is 0 Å². The van der Waals surface area contributed by atoms with E-state index in [9.17, 15) is 0 Å². The summed E-state index contributed by atoms with van der Waals surface area (Å²) in [5, 5.41) is 2.68. The molecule has 0 amide bonds. The Balaban J connectivity index is 0.710. The minimum atomic E-state index is -0.266. The molecule has 0 unspecified atom stereocenters. The van der Waals surface area contributed by atoms with Crippen molar-refractivity contribution in [3.8, 4) is 94.7 Å². The molecular formula is C125H137B2N. The van der Waals surface area contributed by atoms with Gasteiger partial charge < -0.3 is 4.57 Å². The van der Waals surface area contributed by atoms with Crippen molar-refractivity contribution in [1.29, 1.82) is 0 Å². The molecule has 0 atom stereocenters. The van der Waals surface area contributed by atoms with Gasteiger partial charge in [-0.1, -0.05) is 418 Å². The largest absolute Gasteiger partial charge is 0.311 e. The van der Waals surface area contributed by atoms with Gasteiger partial charge in [-0.3, -0.25) is 0 Å². The van der Waals surface area contributed by atoms with Gasteiger partial charge in [0.2, 0.25) is 13.4 Å². The number of para-hydroxylation sites is 1. The van der Waals surface area contributed by atoms with Crippen LogP contribution in [0, 0.1) is 48.5 Å². The third-order valence-electron chi connectivity index (χ3n) is 33.0. The first kappa shape index (κ1) is 85.9. The second-order valence-electron chi connectivity index (χ2n) is 42.1.